The zero-order valence-corrected chi connectivity index (χ0v) is 15.2. The van der Waals surface area contributed by atoms with E-state index in [4.69, 9.17) is 0 Å². The molecule has 0 bridgehead atoms. The second-order valence-corrected chi connectivity index (χ2v) is 9.73. The highest BCUT2D eigenvalue weighted by Crippen LogP contribution is 2.69. The average molecular weight is 324 g/mol. The van der Waals surface area contributed by atoms with Crippen molar-refractivity contribution in [2.24, 2.45) is 46.8 Å². The average Bonchev–Trinajstić information content (AvgIpc) is 2.85. The van der Waals surface area contributed by atoms with Gasteiger partial charge in [-0.1, -0.05) is 33.6 Å². The molecule has 4 aliphatic carbocycles. The summed E-state index contributed by atoms with van der Waals surface area (Å²) in [5, 5.41) is 0. The Kier molecular flexibility index (Phi) is 3.86. The maximum Gasteiger partial charge on any atom is 0.254 e. The van der Waals surface area contributed by atoms with E-state index in [9.17, 15) is 0 Å². The first-order valence-corrected chi connectivity index (χ1v) is 10.3. The van der Waals surface area contributed by atoms with Crippen LogP contribution in [0.3, 0.4) is 0 Å². The molecule has 4 saturated carbocycles. The molecule has 0 aromatic carbocycles. The number of hydrogen-bond donors (Lipinski definition) is 0. The molecule has 4 rings (SSSR count). The van der Waals surface area contributed by atoms with Gasteiger partial charge >= 0.3 is 0 Å². The van der Waals surface area contributed by atoms with E-state index in [-0.39, 0.29) is 12.3 Å². The summed E-state index contributed by atoms with van der Waals surface area (Å²) >= 11 is 0. The molecule has 0 N–H and O–H groups in total. The first-order chi connectivity index (χ1) is 10.9. The highest BCUT2D eigenvalue weighted by atomic mass is 19.3. The largest absolute Gasteiger partial charge is 0.254 e. The molecule has 0 aliphatic heterocycles. The van der Waals surface area contributed by atoms with Crippen molar-refractivity contribution in [3.63, 3.8) is 0 Å². The monoisotopic (exact) mass is 324 g/mol. The van der Waals surface area contributed by atoms with Crippen molar-refractivity contribution in [3.8, 4) is 0 Å². The molecule has 0 amide bonds. The molecule has 0 aromatic heterocycles. The summed E-state index contributed by atoms with van der Waals surface area (Å²) in [6.07, 6.45) is 9.62. The van der Waals surface area contributed by atoms with Crippen molar-refractivity contribution < 1.29 is 8.78 Å². The van der Waals surface area contributed by atoms with Crippen LogP contribution in [0.5, 0.6) is 0 Å². The Bertz CT molecular complexity index is 459. The fourth-order valence-corrected chi connectivity index (χ4v) is 7.81. The fourth-order valence-electron chi connectivity index (χ4n) is 7.81. The Morgan fingerprint density at radius 2 is 1.65 bits per heavy atom. The van der Waals surface area contributed by atoms with E-state index in [0.29, 0.717) is 23.7 Å². The highest BCUT2D eigenvalue weighted by Gasteiger charge is 2.68. The van der Waals surface area contributed by atoms with Gasteiger partial charge in [-0.2, -0.15) is 0 Å². The quantitative estimate of drug-likeness (QED) is 0.513. The molecular formula is C21H34F2. The lowest BCUT2D eigenvalue weighted by molar-refractivity contribution is -0.227. The van der Waals surface area contributed by atoms with Crippen LogP contribution >= 0.6 is 0 Å². The van der Waals surface area contributed by atoms with E-state index in [1.165, 1.54) is 32.1 Å². The molecule has 4 fully saturated rings. The normalized spacial score (nSPS) is 54.9. The molecular weight excluding hydrogens is 290 g/mol. The summed E-state index contributed by atoms with van der Waals surface area (Å²) < 4.78 is 30.8. The maximum atomic E-state index is 15.4. The summed E-state index contributed by atoms with van der Waals surface area (Å²) in [5.74, 6) is 1.20. The minimum absolute atomic E-state index is 0.205. The molecule has 23 heavy (non-hydrogen) atoms. The minimum Gasteiger partial charge on any atom is -0.206 e. The molecule has 0 spiro atoms. The molecule has 0 nitrogen and oxygen atoms in total. The standard InChI is InChI=1S/C21H34F2/c1-4-15-7-10-19-17-9-6-14-11-13(2)5-8-16(14)18(17)12-21(22,23)20(15,19)3/h13-19H,4-12H2,1-3H3. The molecule has 0 saturated heterocycles. The van der Waals surface area contributed by atoms with Crippen LogP contribution in [0.1, 0.15) is 78.6 Å². The van der Waals surface area contributed by atoms with Crippen LogP contribution in [0.15, 0.2) is 0 Å². The van der Waals surface area contributed by atoms with E-state index in [1.54, 1.807) is 0 Å². The van der Waals surface area contributed by atoms with Gasteiger partial charge in [0.1, 0.15) is 0 Å². The molecule has 4 aliphatic rings. The molecule has 8 unspecified atom stereocenters. The van der Waals surface area contributed by atoms with Gasteiger partial charge in [0.15, 0.2) is 0 Å². The van der Waals surface area contributed by atoms with Crippen molar-refractivity contribution in [1.29, 1.82) is 0 Å². The van der Waals surface area contributed by atoms with E-state index >= 15 is 8.78 Å². The van der Waals surface area contributed by atoms with Crippen molar-refractivity contribution >= 4 is 0 Å². The van der Waals surface area contributed by atoms with Crippen molar-refractivity contribution in [2.75, 3.05) is 0 Å². The lowest BCUT2D eigenvalue weighted by Crippen LogP contribution is -2.58. The van der Waals surface area contributed by atoms with Gasteiger partial charge in [0, 0.05) is 11.8 Å². The third-order valence-electron chi connectivity index (χ3n) is 9.01. The molecule has 0 heterocycles. The van der Waals surface area contributed by atoms with Gasteiger partial charge in [0.25, 0.3) is 5.92 Å². The third-order valence-corrected chi connectivity index (χ3v) is 9.01. The number of halogens is 2. The van der Waals surface area contributed by atoms with E-state index in [1.807, 2.05) is 6.92 Å². The summed E-state index contributed by atoms with van der Waals surface area (Å²) in [5.41, 5.74) is -0.711. The number of hydrogen-bond acceptors (Lipinski definition) is 0. The number of alkyl halides is 2. The molecule has 8 atom stereocenters. The fraction of sp³-hybridized carbons (Fsp3) is 1.00. The Balaban J connectivity index is 1.65. The van der Waals surface area contributed by atoms with Crippen LogP contribution in [-0.2, 0) is 0 Å². The topological polar surface area (TPSA) is 0 Å². The number of rotatable bonds is 1. The van der Waals surface area contributed by atoms with Gasteiger partial charge in [-0.3, -0.25) is 0 Å². The van der Waals surface area contributed by atoms with E-state index in [2.05, 4.69) is 13.8 Å². The van der Waals surface area contributed by atoms with Crippen LogP contribution in [0.2, 0.25) is 0 Å². The van der Waals surface area contributed by atoms with Crippen molar-refractivity contribution in [2.45, 2.75) is 84.5 Å². The number of fused-ring (bicyclic) bond motifs is 5. The lowest BCUT2D eigenvalue weighted by atomic mass is 9.48. The lowest BCUT2D eigenvalue weighted by Gasteiger charge is -2.58. The van der Waals surface area contributed by atoms with Crippen LogP contribution in [0.4, 0.5) is 8.78 Å². The predicted molar refractivity (Wildman–Crippen MR) is 90.4 cm³/mol. The highest BCUT2D eigenvalue weighted by molar-refractivity contribution is 5.12. The first kappa shape index (κ1) is 16.3. The zero-order valence-electron chi connectivity index (χ0n) is 15.2. The van der Waals surface area contributed by atoms with Crippen LogP contribution in [0.25, 0.3) is 0 Å². The predicted octanol–water partition coefficient (Wildman–Crippen LogP) is 6.55. The van der Waals surface area contributed by atoms with Gasteiger partial charge in [0.2, 0.25) is 0 Å². The van der Waals surface area contributed by atoms with Gasteiger partial charge in [-0.05, 0) is 80.0 Å². The summed E-state index contributed by atoms with van der Waals surface area (Å²) in [6.45, 7) is 6.45. The maximum absolute atomic E-state index is 15.4. The summed E-state index contributed by atoms with van der Waals surface area (Å²) in [7, 11) is 0. The Hall–Kier alpha value is -0.140. The molecule has 132 valence electrons. The van der Waals surface area contributed by atoms with E-state index in [0.717, 1.165) is 31.1 Å². The van der Waals surface area contributed by atoms with Crippen molar-refractivity contribution in [3.05, 3.63) is 0 Å². The van der Waals surface area contributed by atoms with Gasteiger partial charge < -0.3 is 0 Å². The summed E-state index contributed by atoms with van der Waals surface area (Å²) in [4.78, 5) is 0. The van der Waals surface area contributed by atoms with E-state index < -0.39 is 11.3 Å². The van der Waals surface area contributed by atoms with Crippen molar-refractivity contribution in [1.82, 2.24) is 0 Å². The van der Waals surface area contributed by atoms with Crippen LogP contribution < -0.4 is 0 Å². The van der Waals surface area contributed by atoms with Gasteiger partial charge in [-0.25, -0.2) is 8.78 Å². The minimum atomic E-state index is -2.44. The zero-order chi connectivity index (χ0) is 16.4. The van der Waals surface area contributed by atoms with Crippen LogP contribution in [0, 0.1) is 46.8 Å². The molecule has 0 aromatic rings. The summed E-state index contributed by atoms with van der Waals surface area (Å²) in [6, 6.07) is 0. The first-order valence-electron chi connectivity index (χ1n) is 10.3. The van der Waals surface area contributed by atoms with Crippen LogP contribution in [-0.4, -0.2) is 5.92 Å². The Morgan fingerprint density at radius 3 is 2.39 bits per heavy atom. The van der Waals surface area contributed by atoms with Gasteiger partial charge in [0.05, 0.1) is 0 Å². The third kappa shape index (κ3) is 2.18. The smallest absolute Gasteiger partial charge is 0.206 e. The molecule has 0 radical (unpaired) electrons. The SMILES string of the molecule is CCC1CCC2C3CCC4CC(C)CCC4C3CC(F)(F)C12C. The second-order valence-electron chi connectivity index (χ2n) is 9.73. The Labute approximate surface area is 140 Å². The Morgan fingerprint density at radius 1 is 0.913 bits per heavy atom. The molecule has 2 heteroatoms. The van der Waals surface area contributed by atoms with Gasteiger partial charge in [-0.15, -0.1) is 0 Å². The second kappa shape index (κ2) is 5.43.